The first-order chi connectivity index (χ1) is 9.47. The fourth-order valence-corrected chi connectivity index (χ4v) is 1.45. The summed E-state index contributed by atoms with van der Waals surface area (Å²) in [4.78, 5) is 24.8. The number of halogens is 2. The van der Waals surface area contributed by atoms with E-state index in [1.54, 1.807) is 0 Å². The zero-order chi connectivity index (χ0) is 14.7. The van der Waals surface area contributed by atoms with Gasteiger partial charge in [0.1, 0.15) is 0 Å². The lowest BCUT2D eigenvalue weighted by atomic mass is 10.2. The van der Waals surface area contributed by atoms with Crippen LogP contribution in [0.2, 0.25) is 0 Å². The van der Waals surface area contributed by atoms with Gasteiger partial charge in [0.05, 0.1) is 16.8 Å². The molecule has 0 radical (unpaired) electrons. The predicted molar refractivity (Wildman–Crippen MR) is 65.2 cm³/mol. The highest BCUT2D eigenvalue weighted by Gasteiger charge is 2.17. The molecule has 0 atom stereocenters. The van der Waals surface area contributed by atoms with Crippen LogP contribution in [0.5, 0.6) is 0 Å². The van der Waals surface area contributed by atoms with Crippen molar-refractivity contribution in [2.45, 2.75) is 0 Å². The van der Waals surface area contributed by atoms with Crippen molar-refractivity contribution >= 4 is 17.3 Å². The number of pyridine rings is 1. The first-order valence-corrected chi connectivity index (χ1v) is 5.34. The number of nitrogens with one attached hydrogen (secondary N) is 1. The summed E-state index contributed by atoms with van der Waals surface area (Å²) in [6, 6.07) is 5.08. The number of rotatable bonds is 3. The standard InChI is InChI=1S/C12H7F2N3O3/c13-9-3-1-7(5-10(9)17(19)20)12(18)16-8-2-4-11(14)15-6-8/h1-6H,(H,16,18). The Labute approximate surface area is 111 Å². The highest BCUT2D eigenvalue weighted by atomic mass is 19.1. The SMILES string of the molecule is O=C(Nc1ccc(F)nc1)c1ccc(F)c([N+](=O)[O-])c1. The summed E-state index contributed by atoms with van der Waals surface area (Å²) in [6.45, 7) is 0. The Morgan fingerprint density at radius 2 is 2.00 bits per heavy atom. The van der Waals surface area contributed by atoms with Crippen molar-refractivity contribution in [3.05, 3.63) is 64.0 Å². The first-order valence-electron chi connectivity index (χ1n) is 5.34. The molecule has 2 aromatic rings. The van der Waals surface area contributed by atoms with Gasteiger partial charge in [-0.1, -0.05) is 0 Å². The Morgan fingerprint density at radius 1 is 1.25 bits per heavy atom. The van der Waals surface area contributed by atoms with Crippen LogP contribution in [-0.4, -0.2) is 15.8 Å². The normalized spacial score (nSPS) is 10.1. The van der Waals surface area contributed by atoms with Crippen LogP contribution in [0.4, 0.5) is 20.2 Å². The van der Waals surface area contributed by atoms with Crippen molar-refractivity contribution in [3.63, 3.8) is 0 Å². The number of aromatic nitrogens is 1. The van der Waals surface area contributed by atoms with E-state index in [1.165, 1.54) is 6.07 Å². The molecule has 1 amide bonds. The molecular formula is C12H7F2N3O3. The van der Waals surface area contributed by atoms with E-state index >= 15 is 0 Å². The summed E-state index contributed by atoms with van der Waals surface area (Å²) in [5, 5.41) is 12.9. The molecule has 0 spiro atoms. The monoisotopic (exact) mass is 279 g/mol. The lowest BCUT2D eigenvalue weighted by Gasteiger charge is -2.04. The molecule has 0 aliphatic heterocycles. The second kappa shape index (κ2) is 5.39. The molecule has 6 nitrogen and oxygen atoms in total. The number of benzene rings is 1. The van der Waals surface area contributed by atoms with E-state index in [1.807, 2.05) is 0 Å². The number of hydrogen-bond donors (Lipinski definition) is 1. The van der Waals surface area contributed by atoms with Crippen molar-refractivity contribution in [2.75, 3.05) is 5.32 Å². The Bertz CT molecular complexity index is 674. The lowest BCUT2D eigenvalue weighted by Crippen LogP contribution is -2.12. The van der Waals surface area contributed by atoms with Crippen LogP contribution in [0.25, 0.3) is 0 Å². The van der Waals surface area contributed by atoms with Gasteiger partial charge in [-0.3, -0.25) is 14.9 Å². The first kappa shape index (κ1) is 13.5. The number of nitrogens with zero attached hydrogens (tertiary/aromatic N) is 2. The molecule has 102 valence electrons. The summed E-state index contributed by atoms with van der Waals surface area (Å²) in [7, 11) is 0. The molecule has 0 bridgehead atoms. The molecule has 8 heteroatoms. The molecule has 1 aromatic heterocycles. The van der Waals surface area contributed by atoms with Crippen molar-refractivity contribution in [1.82, 2.24) is 4.98 Å². The number of nitro groups is 1. The highest BCUT2D eigenvalue weighted by Crippen LogP contribution is 2.19. The molecule has 0 fully saturated rings. The summed E-state index contributed by atoms with van der Waals surface area (Å²) in [5.74, 6) is -2.43. The van der Waals surface area contributed by atoms with Crippen molar-refractivity contribution in [3.8, 4) is 0 Å². The maximum Gasteiger partial charge on any atom is 0.305 e. The van der Waals surface area contributed by atoms with Crippen molar-refractivity contribution in [1.29, 1.82) is 0 Å². The van der Waals surface area contributed by atoms with Crippen molar-refractivity contribution < 1.29 is 18.5 Å². The van der Waals surface area contributed by atoms with Gasteiger partial charge in [-0.05, 0) is 24.3 Å². The van der Waals surface area contributed by atoms with Gasteiger partial charge < -0.3 is 5.32 Å². The summed E-state index contributed by atoms with van der Waals surface area (Å²) < 4.78 is 25.7. The number of carbonyl (C=O) groups excluding carboxylic acids is 1. The number of carbonyl (C=O) groups is 1. The van der Waals surface area contributed by atoms with E-state index in [4.69, 9.17) is 0 Å². The summed E-state index contributed by atoms with van der Waals surface area (Å²) >= 11 is 0. The molecule has 1 heterocycles. The number of amides is 1. The second-order valence-electron chi connectivity index (χ2n) is 3.75. The fourth-order valence-electron chi connectivity index (χ4n) is 1.45. The molecular weight excluding hydrogens is 272 g/mol. The Kier molecular flexibility index (Phi) is 3.65. The number of anilines is 1. The molecule has 20 heavy (non-hydrogen) atoms. The van der Waals surface area contributed by atoms with Crippen molar-refractivity contribution in [2.24, 2.45) is 0 Å². The third-order valence-electron chi connectivity index (χ3n) is 2.39. The number of hydrogen-bond acceptors (Lipinski definition) is 4. The molecule has 0 aliphatic carbocycles. The van der Waals surface area contributed by atoms with Gasteiger partial charge in [0.15, 0.2) is 0 Å². The molecule has 0 saturated carbocycles. The Hall–Kier alpha value is -2.90. The van der Waals surface area contributed by atoms with Crippen LogP contribution in [0.1, 0.15) is 10.4 Å². The van der Waals surface area contributed by atoms with E-state index in [2.05, 4.69) is 10.3 Å². The van der Waals surface area contributed by atoms with E-state index in [9.17, 15) is 23.7 Å². The topological polar surface area (TPSA) is 85.1 Å². The van der Waals surface area contributed by atoms with E-state index < -0.39 is 28.3 Å². The third-order valence-corrected chi connectivity index (χ3v) is 2.39. The third kappa shape index (κ3) is 2.91. The average molecular weight is 279 g/mol. The minimum Gasteiger partial charge on any atom is -0.321 e. The zero-order valence-electron chi connectivity index (χ0n) is 9.84. The minimum atomic E-state index is -1.03. The van der Waals surface area contributed by atoms with Gasteiger partial charge in [-0.25, -0.2) is 4.98 Å². The number of nitro benzene ring substituents is 1. The lowest BCUT2D eigenvalue weighted by molar-refractivity contribution is -0.387. The largest absolute Gasteiger partial charge is 0.321 e. The maximum atomic E-state index is 13.1. The van der Waals surface area contributed by atoms with Gasteiger partial charge >= 0.3 is 5.69 Å². The maximum absolute atomic E-state index is 13.1. The van der Waals surface area contributed by atoms with Gasteiger partial charge in [0.25, 0.3) is 5.91 Å². The van der Waals surface area contributed by atoms with Crippen LogP contribution in [0.3, 0.4) is 0 Å². The molecule has 1 aromatic carbocycles. The van der Waals surface area contributed by atoms with E-state index in [0.717, 1.165) is 30.5 Å². The summed E-state index contributed by atoms with van der Waals surface area (Å²) in [6.07, 6.45) is 1.09. The van der Waals surface area contributed by atoms with Crippen LogP contribution in [-0.2, 0) is 0 Å². The fraction of sp³-hybridized carbons (Fsp3) is 0. The van der Waals surface area contributed by atoms with Crippen LogP contribution < -0.4 is 5.32 Å². The van der Waals surface area contributed by atoms with Crippen LogP contribution in [0.15, 0.2) is 36.5 Å². The van der Waals surface area contributed by atoms with Gasteiger partial charge in [-0.2, -0.15) is 8.78 Å². The zero-order valence-corrected chi connectivity index (χ0v) is 9.84. The quantitative estimate of drug-likeness (QED) is 0.531. The Balaban J connectivity index is 2.23. The Morgan fingerprint density at radius 3 is 2.60 bits per heavy atom. The molecule has 0 saturated heterocycles. The van der Waals surface area contributed by atoms with Gasteiger partial charge in [-0.15, -0.1) is 0 Å². The smallest absolute Gasteiger partial charge is 0.305 e. The molecule has 0 aliphatic rings. The van der Waals surface area contributed by atoms with E-state index in [0.29, 0.717) is 0 Å². The van der Waals surface area contributed by atoms with Crippen LogP contribution >= 0.6 is 0 Å². The average Bonchev–Trinajstić information content (AvgIpc) is 2.41. The van der Waals surface area contributed by atoms with Gasteiger partial charge in [0.2, 0.25) is 11.8 Å². The molecule has 1 N–H and O–H groups in total. The second-order valence-corrected chi connectivity index (χ2v) is 3.75. The minimum absolute atomic E-state index is 0.0950. The molecule has 0 unspecified atom stereocenters. The van der Waals surface area contributed by atoms with Crippen LogP contribution in [0, 0.1) is 21.9 Å². The predicted octanol–water partition coefficient (Wildman–Crippen LogP) is 2.52. The summed E-state index contributed by atoms with van der Waals surface area (Å²) in [5.41, 5.74) is -0.680. The highest BCUT2D eigenvalue weighted by molar-refractivity contribution is 6.04. The van der Waals surface area contributed by atoms with Gasteiger partial charge in [0, 0.05) is 11.6 Å². The molecule has 2 rings (SSSR count). The van der Waals surface area contributed by atoms with E-state index in [-0.39, 0.29) is 11.3 Å².